The van der Waals surface area contributed by atoms with Crippen LogP contribution in [0.15, 0.2) is 42.6 Å². The molecule has 0 radical (unpaired) electrons. The maximum atomic E-state index is 13.3. The van der Waals surface area contributed by atoms with Crippen LogP contribution in [0.2, 0.25) is 19.6 Å². The van der Waals surface area contributed by atoms with Gasteiger partial charge in [-0.15, -0.1) is 0 Å². The summed E-state index contributed by atoms with van der Waals surface area (Å²) in [6.07, 6.45) is -3.11. The van der Waals surface area contributed by atoms with Gasteiger partial charge in [-0.2, -0.15) is 13.2 Å². The van der Waals surface area contributed by atoms with Gasteiger partial charge in [0.2, 0.25) is 0 Å². The summed E-state index contributed by atoms with van der Waals surface area (Å²) in [6.45, 7) is 9.43. The van der Waals surface area contributed by atoms with E-state index in [1.807, 2.05) is 25.1 Å². The molecule has 0 bridgehead atoms. The van der Waals surface area contributed by atoms with Crippen molar-refractivity contribution < 1.29 is 18.0 Å². The maximum Gasteiger partial charge on any atom is 0.419 e. The molecule has 1 aliphatic heterocycles. The molecule has 0 saturated carbocycles. The van der Waals surface area contributed by atoms with E-state index in [0.29, 0.717) is 6.54 Å². The number of amides is 2. The van der Waals surface area contributed by atoms with Crippen LogP contribution in [0, 0.1) is 0 Å². The third-order valence-electron chi connectivity index (χ3n) is 5.26. The molecule has 162 valence electrons. The predicted octanol–water partition coefficient (Wildman–Crippen LogP) is 4.39. The van der Waals surface area contributed by atoms with Crippen molar-refractivity contribution in [2.45, 2.75) is 38.8 Å². The highest BCUT2D eigenvalue weighted by atomic mass is 28.3. The van der Waals surface area contributed by atoms with Crippen molar-refractivity contribution in [3.8, 4) is 0 Å². The normalized spacial score (nSPS) is 17.8. The summed E-state index contributed by atoms with van der Waals surface area (Å²) in [5, 5.41) is 4.18. The fraction of sp³-hybridized carbons (Fsp3) is 0.429. The molecule has 0 spiro atoms. The smallest absolute Gasteiger partial charge is 0.352 e. The summed E-state index contributed by atoms with van der Waals surface area (Å²) < 4.78 is 40.0. The molecule has 2 heterocycles. The molecule has 3 rings (SSSR count). The van der Waals surface area contributed by atoms with E-state index in [1.165, 1.54) is 17.4 Å². The molecular formula is C21H27F3N4OSi. The number of carbonyl (C=O) groups excluding carboxylic acids is 1. The number of hydrogen-bond donors (Lipinski definition) is 1. The molecule has 9 heteroatoms. The van der Waals surface area contributed by atoms with E-state index in [4.69, 9.17) is 0 Å². The number of benzene rings is 1. The van der Waals surface area contributed by atoms with Gasteiger partial charge < -0.3 is 15.1 Å². The van der Waals surface area contributed by atoms with Crippen LogP contribution in [0.3, 0.4) is 0 Å². The van der Waals surface area contributed by atoms with Gasteiger partial charge in [-0.05, 0) is 31.2 Å². The van der Waals surface area contributed by atoms with Gasteiger partial charge in [-0.25, -0.2) is 9.78 Å². The van der Waals surface area contributed by atoms with E-state index in [-0.39, 0.29) is 31.0 Å². The second kappa shape index (κ2) is 8.29. The molecule has 1 saturated heterocycles. The van der Waals surface area contributed by atoms with Crippen molar-refractivity contribution >= 4 is 30.8 Å². The molecule has 1 unspecified atom stereocenters. The number of alkyl halides is 3. The van der Waals surface area contributed by atoms with Gasteiger partial charge >= 0.3 is 12.2 Å². The van der Waals surface area contributed by atoms with E-state index in [0.717, 1.165) is 11.8 Å². The number of carbonyl (C=O) groups is 1. The Morgan fingerprint density at radius 3 is 2.53 bits per heavy atom. The highest BCUT2D eigenvalue weighted by Crippen LogP contribution is 2.35. The standard InChI is InChI=1S/C21H27F3N4OSi/c1-15-14-27(19-18(21(22,23)24)9-6-10-25-19)11-12-28(15)20(29)26-16-7-5-8-17(13-16)30(2,3)4/h5-10,13,15H,11-12,14H2,1-4H3,(H,26,29). The third kappa shape index (κ3) is 4.95. The minimum absolute atomic E-state index is 0.0836. The lowest BCUT2D eigenvalue weighted by molar-refractivity contribution is -0.137. The average Bonchev–Trinajstić information content (AvgIpc) is 2.66. The second-order valence-electron chi connectivity index (χ2n) is 8.62. The summed E-state index contributed by atoms with van der Waals surface area (Å²) in [5.41, 5.74) is -0.0168. The molecule has 1 N–H and O–H groups in total. The molecule has 1 atom stereocenters. The lowest BCUT2D eigenvalue weighted by Gasteiger charge is -2.40. The SMILES string of the molecule is CC1CN(c2ncccc2C(F)(F)F)CCN1C(=O)Nc1cccc([Si](C)(C)C)c1. The molecule has 1 aromatic carbocycles. The first kappa shape index (κ1) is 22.1. The molecule has 1 aromatic heterocycles. The van der Waals surface area contributed by atoms with Crippen molar-refractivity contribution in [1.29, 1.82) is 0 Å². The number of hydrogen-bond acceptors (Lipinski definition) is 3. The number of nitrogens with one attached hydrogen (secondary N) is 1. The van der Waals surface area contributed by atoms with Crippen LogP contribution in [0.1, 0.15) is 12.5 Å². The third-order valence-corrected chi connectivity index (χ3v) is 7.30. The minimum Gasteiger partial charge on any atom is -0.352 e. The first-order valence-electron chi connectivity index (χ1n) is 9.92. The molecular weight excluding hydrogens is 409 g/mol. The van der Waals surface area contributed by atoms with E-state index >= 15 is 0 Å². The Balaban J connectivity index is 1.70. The quantitative estimate of drug-likeness (QED) is 0.726. The molecule has 5 nitrogen and oxygen atoms in total. The first-order chi connectivity index (χ1) is 14.0. The first-order valence-corrected chi connectivity index (χ1v) is 13.4. The van der Waals surface area contributed by atoms with Crippen LogP contribution < -0.4 is 15.4 Å². The highest BCUT2D eigenvalue weighted by molar-refractivity contribution is 6.88. The van der Waals surface area contributed by atoms with Crippen molar-refractivity contribution in [3.05, 3.63) is 48.2 Å². The van der Waals surface area contributed by atoms with Crippen molar-refractivity contribution in [1.82, 2.24) is 9.88 Å². The number of halogens is 3. The van der Waals surface area contributed by atoms with E-state index in [2.05, 4.69) is 36.0 Å². The van der Waals surface area contributed by atoms with Gasteiger partial charge in [-0.3, -0.25) is 0 Å². The predicted molar refractivity (Wildman–Crippen MR) is 116 cm³/mol. The Kier molecular flexibility index (Phi) is 6.12. The van der Waals surface area contributed by atoms with E-state index in [1.54, 1.807) is 9.80 Å². The van der Waals surface area contributed by atoms with E-state index < -0.39 is 19.8 Å². The summed E-state index contributed by atoms with van der Waals surface area (Å²) >= 11 is 0. The molecule has 2 amide bonds. The van der Waals surface area contributed by atoms with E-state index in [9.17, 15) is 18.0 Å². The number of nitrogens with zero attached hydrogens (tertiary/aromatic N) is 3. The van der Waals surface area contributed by atoms with Crippen LogP contribution in [0.25, 0.3) is 0 Å². The van der Waals surface area contributed by atoms with Crippen LogP contribution in [-0.4, -0.2) is 49.7 Å². The number of piperazine rings is 1. The molecule has 1 fully saturated rings. The van der Waals surface area contributed by atoms with Crippen molar-refractivity contribution in [2.75, 3.05) is 29.9 Å². The Labute approximate surface area is 175 Å². The fourth-order valence-corrected chi connectivity index (χ4v) is 4.77. The number of rotatable bonds is 3. The zero-order chi connectivity index (χ0) is 22.1. The van der Waals surface area contributed by atoms with Gasteiger partial charge in [0.25, 0.3) is 0 Å². The summed E-state index contributed by atoms with van der Waals surface area (Å²) in [7, 11) is -1.51. The molecule has 1 aliphatic rings. The Bertz CT molecular complexity index is 914. The number of anilines is 2. The van der Waals surface area contributed by atoms with Crippen LogP contribution in [0.5, 0.6) is 0 Å². The summed E-state index contributed by atoms with van der Waals surface area (Å²) in [4.78, 5) is 20.0. The van der Waals surface area contributed by atoms with Crippen LogP contribution >= 0.6 is 0 Å². The monoisotopic (exact) mass is 436 g/mol. The van der Waals surface area contributed by atoms with Gasteiger partial charge in [0.15, 0.2) is 0 Å². The van der Waals surface area contributed by atoms with Crippen molar-refractivity contribution in [3.63, 3.8) is 0 Å². The molecule has 0 aliphatic carbocycles. The molecule has 30 heavy (non-hydrogen) atoms. The summed E-state index contributed by atoms with van der Waals surface area (Å²) in [5.74, 6) is -0.0836. The number of urea groups is 1. The topological polar surface area (TPSA) is 48.5 Å². The lowest BCUT2D eigenvalue weighted by atomic mass is 10.1. The lowest BCUT2D eigenvalue weighted by Crippen LogP contribution is -2.55. The summed E-state index contributed by atoms with van der Waals surface area (Å²) in [6, 6.07) is 9.69. The fourth-order valence-electron chi connectivity index (χ4n) is 3.58. The van der Waals surface area contributed by atoms with Gasteiger partial charge in [0.05, 0.1) is 13.6 Å². The second-order valence-corrected chi connectivity index (χ2v) is 13.7. The number of aromatic nitrogens is 1. The maximum absolute atomic E-state index is 13.3. The largest absolute Gasteiger partial charge is 0.419 e. The minimum atomic E-state index is -4.47. The number of pyridine rings is 1. The Morgan fingerprint density at radius 2 is 1.90 bits per heavy atom. The van der Waals surface area contributed by atoms with Crippen LogP contribution in [0.4, 0.5) is 29.5 Å². The zero-order valence-corrected chi connectivity index (χ0v) is 18.6. The highest BCUT2D eigenvalue weighted by Gasteiger charge is 2.37. The van der Waals surface area contributed by atoms with Crippen molar-refractivity contribution in [2.24, 2.45) is 0 Å². The Morgan fingerprint density at radius 1 is 1.17 bits per heavy atom. The zero-order valence-electron chi connectivity index (χ0n) is 17.6. The molecule has 2 aromatic rings. The average molecular weight is 437 g/mol. The van der Waals surface area contributed by atoms with Gasteiger partial charge in [-0.1, -0.05) is 37.0 Å². The van der Waals surface area contributed by atoms with Gasteiger partial charge in [0.1, 0.15) is 5.82 Å². The Hall–Kier alpha value is -2.55. The van der Waals surface area contributed by atoms with Crippen LogP contribution in [-0.2, 0) is 6.18 Å². The van der Waals surface area contributed by atoms with Gasteiger partial charge in [0, 0.05) is 37.6 Å².